The molecule has 1 atom stereocenters. The molecule has 1 amide bonds. The maximum atomic E-state index is 11.3. The molecule has 0 radical (unpaired) electrons. The first kappa shape index (κ1) is 12.0. The van der Waals surface area contributed by atoms with E-state index in [-0.39, 0.29) is 5.91 Å². The first-order valence-corrected chi connectivity index (χ1v) is 5.06. The van der Waals surface area contributed by atoms with Crippen molar-refractivity contribution in [1.29, 1.82) is 0 Å². The van der Waals surface area contributed by atoms with Gasteiger partial charge < -0.3 is 14.7 Å². The van der Waals surface area contributed by atoms with Crippen molar-refractivity contribution in [2.75, 3.05) is 20.3 Å². The average molecular weight is 215 g/mol. The van der Waals surface area contributed by atoms with Gasteiger partial charge in [-0.3, -0.25) is 4.79 Å². The van der Waals surface area contributed by atoms with Crippen LogP contribution in [0.25, 0.3) is 0 Å². The van der Waals surface area contributed by atoms with Crippen molar-refractivity contribution in [2.45, 2.75) is 31.7 Å². The molecule has 15 heavy (non-hydrogen) atoms. The standard InChI is InChI=1S/C10H17NO4/c1-8(12)11(2)10(9(13)14)4-3-6-15-7-5-10/h3-7H2,1-2H3,(H,13,14). The van der Waals surface area contributed by atoms with Crippen molar-refractivity contribution in [3.05, 3.63) is 0 Å². The van der Waals surface area contributed by atoms with Crippen LogP contribution < -0.4 is 0 Å². The number of carboxylic acid groups (broad SMARTS) is 1. The molecule has 0 bridgehead atoms. The third-order valence-electron chi connectivity index (χ3n) is 3.05. The van der Waals surface area contributed by atoms with Gasteiger partial charge in [0.1, 0.15) is 5.54 Å². The summed E-state index contributed by atoms with van der Waals surface area (Å²) in [6.07, 6.45) is 1.49. The van der Waals surface area contributed by atoms with Gasteiger partial charge in [-0.2, -0.15) is 0 Å². The minimum Gasteiger partial charge on any atom is -0.479 e. The third-order valence-corrected chi connectivity index (χ3v) is 3.05. The summed E-state index contributed by atoms with van der Waals surface area (Å²) < 4.78 is 5.23. The van der Waals surface area contributed by atoms with E-state index in [1.807, 2.05) is 0 Å². The summed E-state index contributed by atoms with van der Waals surface area (Å²) in [5, 5.41) is 9.28. The van der Waals surface area contributed by atoms with Crippen LogP contribution in [0.3, 0.4) is 0 Å². The van der Waals surface area contributed by atoms with Crippen molar-refractivity contribution in [3.63, 3.8) is 0 Å². The fourth-order valence-electron chi connectivity index (χ4n) is 1.93. The lowest BCUT2D eigenvalue weighted by molar-refractivity contribution is -0.158. The number of likely N-dealkylation sites (N-methyl/N-ethyl adjacent to an activating group) is 1. The highest BCUT2D eigenvalue weighted by Gasteiger charge is 2.44. The molecular weight excluding hydrogens is 198 g/mol. The fourth-order valence-corrected chi connectivity index (χ4v) is 1.93. The molecule has 1 aliphatic heterocycles. The summed E-state index contributed by atoms with van der Waals surface area (Å²) >= 11 is 0. The van der Waals surface area contributed by atoms with E-state index in [1.54, 1.807) is 7.05 Å². The highest BCUT2D eigenvalue weighted by Crippen LogP contribution is 2.27. The van der Waals surface area contributed by atoms with E-state index >= 15 is 0 Å². The number of carboxylic acids is 1. The molecule has 0 aromatic rings. The molecule has 1 N–H and O–H groups in total. The Morgan fingerprint density at radius 1 is 1.33 bits per heavy atom. The van der Waals surface area contributed by atoms with Gasteiger partial charge in [0.05, 0.1) is 0 Å². The van der Waals surface area contributed by atoms with Crippen molar-refractivity contribution in [1.82, 2.24) is 4.90 Å². The number of rotatable bonds is 2. The Balaban J connectivity index is 2.94. The highest BCUT2D eigenvalue weighted by molar-refractivity contribution is 5.85. The number of aliphatic carboxylic acids is 1. The van der Waals surface area contributed by atoms with E-state index in [4.69, 9.17) is 4.74 Å². The lowest BCUT2D eigenvalue weighted by Gasteiger charge is -2.36. The van der Waals surface area contributed by atoms with Gasteiger partial charge in [-0.25, -0.2) is 4.79 Å². The Morgan fingerprint density at radius 2 is 2.00 bits per heavy atom. The molecule has 5 heteroatoms. The van der Waals surface area contributed by atoms with E-state index in [0.717, 1.165) is 0 Å². The maximum absolute atomic E-state index is 11.3. The van der Waals surface area contributed by atoms with Gasteiger partial charge >= 0.3 is 5.97 Å². The highest BCUT2D eigenvalue weighted by atomic mass is 16.5. The van der Waals surface area contributed by atoms with Crippen LogP contribution in [0.5, 0.6) is 0 Å². The quantitative estimate of drug-likeness (QED) is 0.728. The zero-order valence-electron chi connectivity index (χ0n) is 9.15. The van der Waals surface area contributed by atoms with Crippen LogP contribution >= 0.6 is 0 Å². The first-order valence-electron chi connectivity index (χ1n) is 5.06. The molecule has 1 heterocycles. The summed E-state index contributed by atoms with van der Waals surface area (Å²) in [7, 11) is 1.54. The molecule has 1 rings (SSSR count). The smallest absolute Gasteiger partial charge is 0.329 e. The van der Waals surface area contributed by atoms with E-state index in [0.29, 0.717) is 32.5 Å². The van der Waals surface area contributed by atoms with Crippen LogP contribution in [0, 0.1) is 0 Å². The van der Waals surface area contributed by atoms with Crippen molar-refractivity contribution in [2.24, 2.45) is 0 Å². The van der Waals surface area contributed by atoms with Crippen molar-refractivity contribution < 1.29 is 19.4 Å². The first-order chi connectivity index (χ1) is 7.00. The van der Waals surface area contributed by atoms with Crippen LogP contribution in [0.2, 0.25) is 0 Å². The summed E-state index contributed by atoms with van der Waals surface area (Å²) in [5.74, 6) is -1.16. The largest absolute Gasteiger partial charge is 0.479 e. The number of carbonyl (C=O) groups is 2. The monoisotopic (exact) mass is 215 g/mol. The van der Waals surface area contributed by atoms with E-state index in [1.165, 1.54) is 11.8 Å². The molecule has 0 aromatic carbocycles. The van der Waals surface area contributed by atoms with Gasteiger partial charge in [-0.15, -0.1) is 0 Å². The normalized spacial score (nSPS) is 26.8. The molecule has 1 unspecified atom stereocenters. The summed E-state index contributed by atoms with van der Waals surface area (Å²) in [4.78, 5) is 23.9. The number of nitrogens with zero attached hydrogens (tertiary/aromatic N) is 1. The molecule has 5 nitrogen and oxygen atoms in total. The van der Waals surface area contributed by atoms with Gasteiger partial charge in [0.25, 0.3) is 0 Å². The van der Waals surface area contributed by atoms with Gasteiger partial charge in [-0.1, -0.05) is 0 Å². The Kier molecular flexibility index (Phi) is 3.68. The number of ether oxygens (including phenoxy) is 1. The Bertz CT molecular complexity index is 256. The van der Waals surface area contributed by atoms with E-state index in [2.05, 4.69) is 0 Å². The predicted molar refractivity (Wildman–Crippen MR) is 53.5 cm³/mol. The van der Waals surface area contributed by atoms with Gasteiger partial charge in [0.2, 0.25) is 5.91 Å². The van der Waals surface area contributed by atoms with Crippen LogP contribution in [0.1, 0.15) is 26.2 Å². The molecule has 0 saturated carbocycles. The minimum absolute atomic E-state index is 0.223. The van der Waals surface area contributed by atoms with Crippen LogP contribution in [0.15, 0.2) is 0 Å². The second kappa shape index (κ2) is 4.61. The van der Waals surface area contributed by atoms with Crippen molar-refractivity contribution >= 4 is 11.9 Å². The molecule has 0 aliphatic carbocycles. The third kappa shape index (κ3) is 2.28. The summed E-state index contributed by atoms with van der Waals surface area (Å²) in [6.45, 7) is 2.35. The van der Waals surface area contributed by atoms with Gasteiger partial charge in [0.15, 0.2) is 0 Å². The van der Waals surface area contributed by atoms with Crippen LogP contribution in [-0.4, -0.2) is 47.7 Å². The number of hydrogen-bond donors (Lipinski definition) is 1. The lowest BCUT2D eigenvalue weighted by atomic mass is 9.89. The van der Waals surface area contributed by atoms with Crippen LogP contribution in [0.4, 0.5) is 0 Å². The van der Waals surface area contributed by atoms with Gasteiger partial charge in [-0.05, 0) is 12.8 Å². The zero-order chi connectivity index (χ0) is 11.5. The second-order valence-corrected chi connectivity index (χ2v) is 3.88. The predicted octanol–water partition coefficient (Wildman–Crippen LogP) is 0.489. The van der Waals surface area contributed by atoms with E-state index < -0.39 is 11.5 Å². The molecule has 1 saturated heterocycles. The Hall–Kier alpha value is -1.10. The molecule has 86 valence electrons. The zero-order valence-corrected chi connectivity index (χ0v) is 9.15. The summed E-state index contributed by atoms with van der Waals surface area (Å²) in [6, 6.07) is 0. The number of hydrogen-bond acceptors (Lipinski definition) is 3. The molecular formula is C10H17NO4. The Labute approximate surface area is 89.0 Å². The molecule has 1 aliphatic rings. The maximum Gasteiger partial charge on any atom is 0.329 e. The van der Waals surface area contributed by atoms with Gasteiger partial charge in [0, 0.05) is 33.6 Å². The number of amides is 1. The second-order valence-electron chi connectivity index (χ2n) is 3.88. The van der Waals surface area contributed by atoms with Crippen LogP contribution in [-0.2, 0) is 14.3 Å². The molecule has 0 spiro atoms. The summed E-state index contributed by atoms with van der Waals surface area (Å²) in [5.41, 5.74) is -1.08. The topological polar surface area (TPSA) is 66.8 Å². The Morgan fingerprint density at radius 3 is 2.53 bits per heavy atom. The van der Waals surface area contributed by atoms with E-state index in [9.17, 15) is 14.7 Å². The lowest BCUT2D eigenvalue weighted by Crippen LogP contribution is -2.54. The SMILES string of the molecule is CC(=O)N(C)C1(C(=O)O)CCCOCC1. The fraction of sp³-hybridized carbons (Fsp3) is 0.800. The number of carbonyl (C=O) groups excluding carboxylic acids is 1. The molecule has 1 fully saturated rings. The van der Waals surface area contributed by atoms with Crippen molar-refractivity contribution in [3.8, 4) is 0 Å². The molecule has 0 aromatic heterocycles. The average Bonchev–Trinajstić information content (AvgIpc) is 2.42. The minimum atomic E-state index is -1.08.